The van der Waals surface area contributed by atoms with E-state index in [1.54, 1.807) is 11.3 Å². The molecule has 5 heteroatoms. The molecule has 0 radical (unpaired) electrons. The van der Waals surface area contributed by atoms with Gasteiger partial charge in [0.2, 0.25) is 0 Å². The zero-order valence-electron chi connectivity index (χ0n) is 8.86. The average Bonchev–Trinajstić information content (AvgIpc) is 2.88. The Morgan fingerprint density at radius 3 is 2.94 bits per heavy atom. The Kier molecular flexibility index (Phi) is 3.67. The number of thiophene rings is 1. The fraction of sp³-hybridized carbons (Fsp3) is 0.273. The van der Waals surface area contributed by atoms with E-state index in [-0.39, 0.29) is 0 Å². The van der Waals surface area contributed by atoms with Crippen LogP contribution in [0.2, 0.25) is 0 Å². The molecular formula is C11H11N3S2. The molecule has 0 saturated carbocycles. The van der Waals surface area contributed by atoms with Gasteiger partial charge in [-0.2, -0.15) is 5.26 Å². The van der Waals surface area contributed by atoms with Gasteiger partial charge in [-0.15, -0.1) is 22.7 Å². The molecule has 0 aliphatic carbocycles. The summed E-state index contributed by atoms with van der Waals surface area (Å²) in [6, 6.07) is 5.99. The number of nitrogens with one attached hydrogen (secondary N) is 1. The molecule has 2 aromatic rings. The number of hydrogen-bond acceptors (Lipinski definition) is 5. The van der Waals surface area contributed by atoms with E-state index in [9.17, 15) is 0 Å². The van der Waals surface area contributed by atoms with E-state index >= 15 is 0 Å². The van der Waals surface area contributed by atoms with Crippen molar-refractivity contribution in [1.29, 1.82) is 5.26 Å². The lowest BCUT2D eigenvalue weighted by atomic mass is 10.4. The molecule has 2 heterocycles. The van der Waals surface area contributed by atoms with Crippen LogP contribution in [0, 0.1) is 18.3 Å². The first-order valence-electron chi connectivity index (χ1n) is 4.88. The van der Waals surface area contributed by atoms with Crippen LogP contribution in [0.4, 0.5) is 0 Å². The van der Waals surface area contributed by atoms with Gasteiger partial charge in [0, 0.05) is 29.0 Å². The molecule has 1 N–H and O–H groups in total. The molecule has 3 nitrogen and oxygen atoms in total. The zero-order valence-corrected chi connectivity index (χ0v) is 10.5. The Morgan fingerprint density at radius 1 is 1.44 bits per heavy atom. The Bertz CT molecular complexity index is 507. The summed E-state index contributed by atoms with van der Waals surface area (Å²) in [6.07, 6.45) is 0. The molecule has 16 heavy (non-hydrogen) atoms. The number of nitrogens with zero attached hydrogens (tertiary/aromatic N) is 2. The molecule has 0 amide bonds. The lowest BCUT2D eigenvalue weighted by Gasteiger charge is -1.98. The number of aryl methyl sites for hydroxylation is 1. The average molecular weight is 249 g/mol. The van der Waals surface area contributed by atoms with E-state index in [2.05, 4.69) is 21.8 Å². The minimum Gasteiger partial charge on any atom is -0.306 e. The van der Waals surface area contributed by atoms with Crippen LogP contribution in [-0.4, -0.2) is 4.98 Å². The molecule has 0 saturated heterocycles. The summed E-state index contributed by atoms with van der Waals surface area (Å²) in [5, 5.41) is 15.2. The molecule has 0 aliphatic heterocycles. The van der Waals surface area contributed by atoms with Crippen molar-refractivity contribution in [2.24, 2.45) is 0 Å². The first-order chi connectivity index (χ1) is 7.78. The fourth-order valence-corrected chi connectivity index (χ4v) is 2.83. The second-order valence-corrected chi connectivity index (χ2v) is 5.47. The van der Waals surface area contributed by atoms with Crippen LogP contribution in [0.5, 0.6) is 0 Å². The zero-order chi connectivity index (χ0) is 11.4. The Hall–Kier alpha value is -1.22. The normalized spacial score (nSPS) is 10.2. The minimum atomic E-state index is 0.766. The van der Waals surface area contributed by atoms with Crippen molar-refractivity contribution >= 4 is 22.7 Å². The van der Waals surface area contributed by atoms with Gasteiger partial charge in [-0.1, -0.05) is 0 Å². The Balaban J connectivity index is 1.82. The lowest BCUT2D eigenvalue weighted by molar-refractivity contribution is 0.696. The third kappa shape index (κ3) is 2.89. The summed E-state index contributed by atoms with van der Waals surface area (Å²) in [5.41, 5.74) is 1.07. The van der Waals surface area contributed by atoms with Crippen LogP contribution in [0.3, 0.4) is 0 Å². The van der Waals surface area contributed by atoms with E-state index in [1.807, 2.05) is 19.1 Å². The fourth-order valence-electron chi connectivity index (χ4n) is 1.31. The molecule has 2 rings (SSSR count). The molecule has 0 spiro atoms. The predicted molar refractivity (Wildman–Crippen MR) is 66.4 cm³/mol. The summed E-state index contributed by atoms with van der Waals surface area (Å²) < 4.78 is 0. The summed E-state index contributed by atoms with van der Waals surface area (Å²) in [6.45, 7) is 3.59. The third-order valence-electron chi connectivity index (χ3n) is 2.01. The van der Waals surface area contributed by atoms with Crippen molar-refractivity contribution in [3.05, 3.63) is 38.0 Å². The molecule has 2 aromatic heterocycles. The van der Waals surface area contributed by atoms with E-state index < -0.39 is 0 Å². The second-order valence-electron chi connectivity index (χ2n) is 3.36. The molecular weight excluding hydrogens is 238 g/mol. The van der Waals surface area contributed by atoms with Gasteiger partial charge in [0.15, 0.2) is 0 Å². The summed E-state index contributed by atoms with van der Waals surface area (Å²) in [4.78, 5) is 6.32. The van der Waals surface area contributed by atoms with E-state index in [0.717, 1.165) is 28.7 Å². The van der Waals surface area contributed by atoms with Crippen molar-refractivity contribution in [1.82, 2.24) is 10.3 Å². The van der Waals surface area contributed by atoms with E-state index in [0.29, 0.717) is 0 Å². The van der Waals surface area contributed by atoms with Crippen LogP contribution >= 0.6 is 22.7 Å². The minimum absolute atomic E-state index is 0.766. The number of rotatable bonds is 4. The first-order valence-corrected chi connectivity index (χ1v) is 6.58. The molecule has 0 atom stereocenters. The highest BCUT2D eigenvalue weighted by Crippen LogP contribution is 2.15. The van der Waals surface area contributed by atoms with Gasteiger partial charge >= 0.3 is 0 Å². The van der Waals surface area contributed by atoms with Crippen LogP contribution in [0.1, 0.15) is 20.5 Å². The van der Waals surface area contributed by atoms with Gasteiger partial charge in [0.25, 0.3) is 0 Å². The summed E-state index contributed by atoms with van der Waals surface area (Å²) >= 11 is 3.20. The van der Waals surface area contributed by atoms with Crippen molar-refractivity contribution in [3.63, 3.8) is 0 Å². The van der Waals surface area contributed by atoms with Crippen LogP contribution < -0.4 is 5.32 Å². The quantitative estimate of drug-likeness (QED) is 0.906. The van der Waals surface area contributed by atoms with Crippen LogP contribution in [0.15, 0.2) is 17.5 Å². The van der Waals surface area contributed by atoms with Crippen molar-refractivity contribution in [2.45, 2.75) is 20.0 Å². The number of hydrogen-bond donors (Lipinski definition) is 1. The maximum Gasteiger partial charge on any atom is 0.110 e. The van der Waals surface area contributed by atoms with Gasteiger partial charge in [-0.05, 0) is 19.1 Å². The highest BCUT2D eigenvalue weighted by Gasteiger charge is 2.00. The highest BCUT2D eigenvalue weighted by molar-refractivity contribution is 7.12. The van der Waals surface area contributed by atoms with E-state index in [4.69, 9.17) is 5.26 Å². The largest absolute Gasteiger partial charge is 0.306 e. The lowest BCUT2D eigenvalue weighted by Crippen LogP contribution is -2.11. The van der Waals surface area contributed by atoms with Gasteiger partial charge in [-0.3, -0.25) is 0 Å². The highest BCUT2D eigenvalue weighted by atomic mass is 32.1. The molecule has 0 fully saturated rings. The van der Waals surface area contributed by atoms with Crippen LogP contribution in [0.25, 0.3) is 0 Å². The number of nitriles is 1. The van der Waals surface area contributed by atoms with Crippen molar-refractivity contribution in [2.75, 3.05) is 0 Å². The number of thiazole rings is 1. The van der Waals surface area contributed by atoms with Crippen LogP contribution in [-0.2, 0) is 13.1 Å². The SMILES string of the molecule is Cc1csc(CNCc2ccc(C#N)s2)n1. The van der Waals surface area contributed by atoms with E-state index in [1.165, 1.54) is 16.2 Å². The summed E-state index contributed by atoms with van der Waals surface area (Å²) in [5.74, 6) is 0. The predicted octanol–water partition coefficient (Wildman–Crippen LogP) is 2.67. The van der Waals surface area contributed by atoms with Gasteiger partial charge in [-0.25, -0.2) is 4.98 Å². The molecule has 0 aliphatic rings. The Labute approximate surface area is 102 Å². The first kappa shape index (κ1) is 11.3. The van der Waals surface area contributed by atoms with Crippen molar-refractivity contribution in [3.8, 4) is 6.07 Å². The topological polar surface area (TPSA) is 48.7 Å². The molecule has 0 unspecified atom stereocenters. The maximum absolute atomic E-state index is 8.69. The molecule has 82 valence electrons. The number of aromatic nitrogens is 1. The second kappa shape index (κ2) is 5.21. The standard InChI is InChI=1S/C11H11N3S2/c1-8-7-15-11(14-8)6-13-5-10-3-2-9(4-12)16-10/h2-3,7,13H,5-6H2,1H3. The third-order valence-corrected chi connectivity index (χ3v) is 3.97. The van der Waals surface area contributed by atoms with Gasteiger partial charge in [0.05, 0.1) is 0 Å². The monoisotopic (exact) mass is 249 g/mol. The maximum atomic E-state index is 8.69. The summed E-state index contributed by atoms with van der Waals surface area (Å²) in [7, 11) is 0. The Morgan fingerprint density at radius 2 is 2.31 bits per heavy atom. The molecule has 0 bridgehead atoms. The van der Waals surface area contributed by atoms with Crippen molar-refractivity contribution < 1.29 is 0 Å². The molecule has 0 aromatic carbocycles. The van der Waals surface area contributed by atoms with Gasteiger partial charge < -0.3 is 5.32 Å². The van der Waals surface area contributed by atoms with Gasteiger partial charge in [0.1, 0.15) is 16.0 Å². The smallest absolute Gasteiger partial charge is 0.110 e.